The van der Waals surface area contributed by atoms with Gasteiger partial charge in [0.1, 0.15) is 5.82 Å². The van der Waals surface area contributed by atoms with Gasteiger partial charge in [-0.05, 0) is 19.8 Å². The molecule has 0 amide bonds. The number of nitrogens with zero attached hydrogens (tertiary/aromatic N) is 2. The van der Waals surface area contributed by atoms with Crippen molar-refractivity contribution in [2.75, 3.05) is 11.9 Å². The molecule has 1 aromatic heterocycles. The monoisotopic (exact) mass is 149 g/mol. The third-order valence-electron chi connectivity index (χ3n) is 1.89. The highest BCUT2D eigenvalue weighted by Gasteiger charge is 2.09. The van der Waals surface area contributed by atoms with E-state index in [0.29, 0.717) is 0 Å². The quantitative estimate of drug-likeness (QED) is 0.601. The van der Waals surface area contributed by atoms with Crippen LogP contribution in [0.3, 0.4) is 0 Å². The Morgan fingerprint density at radius 1 is 1.55 bits per heavy atom. The molecule has 3 nitrogen and oxygen atoms in total. The summed E-state index contributed by atoms with van der Waals surface area (Å²) in [6, 6.07) is 0. The molecule has 1 N–H and O–H groups in total. The van der Waals surface area contributed by atoms with E-state index in [1.165, 1.54) is 12.1 Å². The summed E-state index contributed by atoms with van der Waals surface area (Å²) < 4.78 is 0. The average molecular weight is 149 g/mol. The minimum absolute atomic E-state index is 0.868. The normalized spacial score (nSPS) is 15.4. The molecule has 0 unspecified atom stereocenters. The predicted octanol–water partition coefficient (Wildman–Crippen LogP) is 1.14. The van der Waals surface area contributed by atoms with Crippen molar-refractivity contribution >= 4 is 5.69 Å². The molecule has 0 bridgehead atoms. The lowest BCUT2D eigenvalue weighted by Crippen LogP contribution is -2.14. The zero-order chi connectivity index (χ0) is 7.68. The van der Waals surface area contributed by atoms with E-state index in [-0.39, 0.29) is 0 Å². The van der Waals surface area contributed by atoms with Gasteiger partial charge in [0.2, 0.25) is 0 Å². The zero-order valence-corrected chi connectivity index (χ0v) is 6.59. The highest BCUT2D eigenvalue weighted by atomic mass is 15.0. The SMILES string of the molecule is Cc1ncc2c(n1)CCCN2. The van der Waals surface area contributed by atoms with Crippen LogP contribution in [0.15, 0.2) is 6.20 Å². The number of rotatable bonds is 0. The number of aromatic nitrogens is 2. The maximum atomic E-state index is 4.34. The topological polar surface area (TPSA) is 37.8 Å². The minimum Gasteiger partial charge on any atom is -0.382 e. The van der Waals surface area contributed by atoms with Crippen molar-refractivity contribution in [1.29, 1.82) is 0 Å². The van der Waals surface area contributed by atoms with Gasteiger partial charge in [0.05, 0.1) is 17.6 Å². The molecule has 0 saturated carbocycles. The van der Waals surface area contributed by atoms with Gasteiger partial charge in [0, 0.05) is 6.54 Å². The number of nitrogens with one attached hydrogen (secondary N) is 1. The van der Waals surface area contributed by atoms with Crippen LogP contribution in [0.4, 0.5) is 5.69 Å². The first kappa shape index (κ1) is 6.58. The Morgan fingerprint density at radius 3 is 3.36 bits per heavy atom. The van der Waals surface area contributed by atoms with Gasteiger partial charge in [-0.3, -0.25) is 0 Å². The molecule has 2 heterocycles. The van der Waals surface area contributed by atoms with Gasteiger partial charge < -0.3 is 5.32 Å². The summed E-state index contributed by atoms with van der Waals surface area (Å²) in [6.45, 7) is 2.98. The van der Waals surface area contributed by atoms with Gasteiger partial charge in [0.25, 0.3) is 0 Å². The van der Waals surface area contributed by atoms with E-state index < -0.39 is 0 Å². The molecule has 0 aliphatic carbocycles. The van der Waals surface area contributed by atoms with Crippen LogP contribution >= 0.6 is 0 Å². The molecule has 2 rings (SSSR count). The Balaban J connectivity index is 2.43. The standard InChI is InChI=1S/C8H11N3/c1-6-10-5-8-7(11-6)3-2-4-9-8/h5,9H,2-4H2,1H3. The maximum absolute atomic E-state index is 4.34. The average Bonchev–Trinajstić information content (AvgIpc) is 2.04. The summed E-state index contributed by atoms with van der Waals surface area (Å²) in [5.41, 5.74) is 2.28. The van der Waals surface area contributed by atoms with Gasteiger partial charge in [-0.2, -0.15) is 0 Å². The van der Waals surface area contributed by atoms with Crippen LogP contribution in [0.1, 0.15) is 17.9 Å². The summed E-state index contributed by atoms with van der Waals surface area (Å²) in [6.07, 6.45) is 4.14. The van der Waals surface area contributed by atoms with E-state index in [0.717, 1.165) is 24.5 Å². The van der Waals surface area contributed by atoms with Crippen molar-refractivity contribution in [2.24, 2.45) is 0 Å². The van der Waals surface area contributed by atoms with Crippen molar-refractivity contribution in [3.8, 4) is 0 Å². The summed E-state index contributed by atoms with van der Waals surface area (Å²) in [5.74, 6) is 0.868. The van der Waals surface area contributed by atoms with Crippen LogP contribution in [0.25, 0.3) is 0 Å². The Morgan fingerprint density at radius 2 is 2.45 bits per heavy atom. The van der Waals surface area contributed by atoms with Crippen molar-refractivity contribution in [3.05, 3.63) is 17.7 Å². The third-order valence-corrected chi connectivity index (χ3v) is 1.89. The van der Waals surface area contributed by atoms with Crippen molar-refractivity contribution in [3.63, 3.8) is 0 Å². The second kappa shape index (κ2) is 2.49. The molecule has 0 atom stereocenters. The van der Waals surface area contributed by atoms with Gasteiger partial charge >= 0.3 is 0 Å². The summed E-state index contributed by atoms with van der Waals surface area (Å²) in [5, 5.41) is 3.26. The molecule has 0 aromatic carbocycles. The van der Waals surface area contributed by atoms with Crippen molar-refractivity contribution < 1.29 is 0 Å². The maximum Gasteiger partial charge on any atom is 0.125 e. The van der Waals surface area contributed by atoms with Crippen LogP contribution in [-0.2, 0) is 6.42 Å². The Labute approximate surface area is 65.9 Å². The molecular weight excluding hydrogens is 138 g/mol. The third kappa shape index (κ3) is 1.18. The lowest BCUT2D eigenvalue weighted by Gasteiger charge is -2.15. The molecule has 11 heavy (non-hydrogen) atoms. The van der Waals surface area contributed by atoms with Crippen molar-refractivity contribution in [2.45, 2.75) is 19.8 Å². The van der Waals surface area contributed by atoms with E-state index in [4.69, 9.17) is 0 Å². The van der Waals surface area contributed by atoms with Gasteiger partial charge in [-0.15, -0.1) is 0 Å². The van der Waals surface area contributed by atoms with Crippen LogP contribution < -0.4 is 5.32 Å². The molecule has 1 aromatic rings. The zero-order valence-electron chi connectivity index (χ0n) is 6.59. The molecule has 0 radical (unpaired) electrons. The molecular formula is C8H11N3. The number of fused-ring (bicyclic) bond motifs is 1. The lowest BCUT2D eigenvalue weighted by atomic mass is 10.1. The smallest absolute Gasteiger partial charge is 0.125 e. The van der Waals surface area contributed by atoms with Crippen molar-refractivity contribution in [1.82, 2.24) is 9.97 Å². The van der Waals surface area contributed by atoms with Gasteiger partial charge in [0.15, 0.2) is 0 Å². The number of hydrogen-bond acceptors (Lipinski definition) is 3. The van der Waals surface area contributed by atoms with Gasteiger partial charge in [-0.1, -0.05) is 0 Å². The van der Waals surface area contributed by atoms with E-state index in [1.807, 2.05) is 13.1 Å². The molecule has 0 saturated heterocycles. The van der Waals surface area contributed by atoms with Crippen LogP contribution in [0.5, 0.6) is 0 Å². The second-order valence-corrected chi connectivity index (χ2v) is 2.81. The molecule has 0 spiro atoms. The summed E-state index contributed by atoms with van der Waals surface area (Å²) in [4.78, 5) is 8.46. The Hall–Kier alpha value is -1.12. The summed E-state index contributed by atoms with van der Waals surface area (Å²) in [7, 11) is 0. The van der Waals surface area contributed by atoms with Crippen LogP contribution in [0.2, 0.25) is 0 Å². The number of anilines is 1. The second-order valence-electron chi connectivity index (χ2n) is 2.81. The molecule has 1 aliphatic rings. The Bertz CT molecular complexity index is 270. The highest BCUT2D eigenvalue weighted by molar-refractivity contribution is 5.47. The first-order valence-electron chi connectivity index (χ1n) is 3.92. The summed E-state index contributed by atoms with van der Waals surface area (Å²) >= 11 is 0. The van der Waals surface area contributed by atoms with E-state index in [9.17, 15) is 0 Å². The first-order chi connectivity index (χ1) is 5.36. The largest absolute Gasteiger partial charge is 0.382 e. The molecule has 3 heteroatoms. The molecule has 1 aliphatic heterocycles. The lowest BCUT2D eigenvalue weighted by molar-refractivity contribution is 0.785. The fourth-order valence-corrected chi connectivity index (χ4v) is 1.33. The van der Waals surface area contributed by atoms with E-state index >= 15 is 0 Å². The predicted molar refractivity (Wildman–Crippen MR) is 43.6 cm³/mol. The van der Waals surface area contributed by atoms with Crippen LogP contribution in [0, 0.1) is 6.92 Å². The fourth-order valence-electron chi connectivity index (χ4n) is 1.33. The molecule has 0 fully saturated rings. The highest BCUT2D eigenvalue weighted by Crippen LogP contribution is 2.17. The van der Waals surface area contributed by atoms with E-state index in [1.54, 1.807) is 0 Å². The fraction of sp³-hybridized carbons (Fsp3) is 0.500. The van der Waals surface area contributed by atoms with E-state index in [2.05, 4.69) is 15.3 Å². The minimum atomic E-state index is 0.868. The van der Waals surface area contributed by atoms with Crippen LogP contribution in [-0.4, -0.2) is 16.5 Å². The number of hydrogen-bond donors (Lipinski definition) is 1. The Kier molecular flexibility index (Phi) is 1.49. The molecule has 58 valence electrons. The first-order valence-corrected chi connectivity index (χ1v) is 3.92. The number of aryl methyl sites for hydroxylation is 2. The van der Waals surface area contributed by atoms with Gasteiger partial charge in [-0.25, -0.2) is 9.97 Å².